The van der Waals surface area contributed by atoms with Crippen LogP contribution in [-0.4, -0.2) is 34.1 Å². The molecule has 100 valence electrons. The summed E-state index contributed by atoms with van der Waals surface area (Å²) in [5.41, 5.74) is 6.93. The Morgan fingerprint density at radius 2 is 2.37 bits per heavy atom. The molecule has 1 aliphatic heterocycles. The lowest BCUT2D eigenvalue weighted by atomic mass is 10.3. The summed E-state index contributed by atoms with van der Waals surface area (Å²) in [6.07, 6.45) is 4.78. The number of rotatable bonds is 3. The van der Waals surface area contributed by atoms with Gasteiger partial charge in [-0.25, -0.2) is 9.97 Å². The fourth-order valence-electron chi connectivity index (χ4n) is 2.32. The van der Waals surface area contributed by atoms with E-state index in [0.717, 1.165) is 42.7 Å². The number of aromatic nitrogens is 3. The topological polar surface area (TPSA) is 82.9 Å². The van der Waals surface area contributed by atoms with Crippen molar-refractivity contribution in [2.24, 2.45) is 5.73 Å². The maximum atomic E-state index is 5.94. The molecule has 3 heterocycles. The number of hydrogen-bond donors (Lipinski definition) is 3. The lowest BCUT2D eigenvalue weighted by Crippen LogP contribution is -2.27. The zero-order valence-corrected chi connectivity index (χ0v) is 10.9. The van der Waals surface area contributed by atoms with Crippen LogP contribution in [0.3, 0.4) is 0 Å². The molecule has 2 aromatic heterocycles. The third-order valence-corrected chi connectivity index (χ3v) is 3.24. The monoisotopic (exact) mass is 258 g/mol. The van der Waals surface area contributed by atoms with Gasteiger partial charge in [0.25, 0.3) is 0 Å². The van der Waals surface area contributed by atoms with Crippen LogP contribution in [0.15, 0.2) is 24.5 Å². The first kappa shape index (κ1) is 12.0. The van der Waals surface area contributed by atoms with Gasteiger partial charge in [-0.05, 0) is 19.4 Å². The summed E-state index contributed by atoms with van der Waals surface area (Å²) in [5.74, 6) is 2.51. The molecule has 2 aromatic rings. The van der Waals surface area contributed by atoms with Gasteiger partial charge >= 0.3 is 0 Å². The summed E-state index contributed by atoms with van der Waals surface area (Å²) < 4.78 is 0. The molecule has 0 radical (unpaired) electrons. The number of hydrogen-bond acceptors (Lipinski definition) is 5. The number of aryl methyl sites for hydroxylation is 1. The van der Waals surface area contributed by atoms with Crippen molar-refractivity contribution < 1.29 is 0 Å². The molecule has 0 bridgehead atoms. The molecular weight excluding hydrogens is 240 g/mol. The van der Waals surface area contributed by atoms with E-state index in [-0.39, 0.29) is 6.04 Å². The van der Waals surface area contributed by atoms with E-state index in [1.807, 2.05) is 31.5 Å². The number of nitrogens with zero attached hydrogens (tertiary/aromatic N) is 3. The van der Waals surface area contributed by atoms with Crippen LogP contribution < -0.4 is 16.0 Å². The molecule has 6 nitrogen and oxygen atoms in total. The molecular formula is C13H18N6. The molecule has 0 amide bonds. The van der Waals surface area contributed by atoms with Crippen molar-refractivity contribution >= 4 is 17.3 Å². The Labute approximate surface area is 112 Å². The first-order valence-electron chi connectivity index (χ1n) is 6.47. The van der Waals surface area contributed by atoms with E-state index in [0.29, 0.717) is 0 Å². The van der Waals surface area contributed by atoms with Gasteiger partial charge in [0.1, 0.15) is 17.5 Å². The highest BCUT2D eigenvalue weighted by Gasteiger charge is 2.21. The Hall–Kier alpha value is -2.08. The maximum absolute atomic E-state index is 5.94. The van der Waals surface area contributed by atoms with Gasteiger partial charge in [-0.15, -0.1) is 0 Å². The van der Waals surface area contributed by atoms with E-state index in [1.54, 1.807) is 0 Å². The molecule has 1 atom stereocenters. The molecule has 1 aliphatic rings. The Morgan fingerprint density at radius 1 is 1.47 bits per heavy atom. The van der Waals surface area contributed by atoms with E-state index in [2.05, 4.69) is 25.2 Å². The predicted octanol–water partition coefficient (Wildman–Crippen LogP) is 1.39. The summed E-state index contributed by atoms with van der Waals surface area (Å²) in [7, 11) is 0. The zero-order valence-electron chi connectivity index (χ0n) is 10.9. The standard InChI is InChI=1S/C13H18N6/c1-9-16-12(18-11-2-4-15-7-11)6-13(17-9)19-5-3-10(14)8-19/h2,4,6-7,10,15H,3,5,8,14H2,1H3,(H,16,17,18). The highest BCUT2D eigenvalue weighted by molar-refractivity contribution is 5.59. The second kappa shape index (κ2) is 4.89. The number of H-pyrrole nitrogens is 1. The molecule has 1 unspecified atom stereocenters. The van der Waals surface area contributed by atoms with E-state index in [1.165, 1.54) is 0 Å². The van der Waals surface area contributed by atoms with Gasteiger partial charge in [0, 0.05) is 37.6 Å². The molecule has 1 saturated heterocycles. The quantitative estimate of drug-likeness (QED) is 0.775. The smallest absolute Gasteiger partial charge is 0.136 e. The van der Waals surface area contributed by atoms with Crippen molar-refractivity contribution in [3.05, 3.63) is 30.4 Å². The van der Waals surface area contributed by atoms with Gasteiger partial charge in [-0.3, -0.25) is 0 Å². The molecule has 6 heteroatoms. The van der Waals surface area contributed by atoms with Crippen molar-refractivity contribution in [3.63, 3.8) is 0 Å². The first-order valence-corrected chi connectivity index (χ1v) is 6.47. The van der Waals surface area contributed by atoms with Crippen molar-refractivity contribution in [1.82, 2.24) is 15.0 Å². The molecule has 1 fully saturated rings. The van der Waals surface area contributed by atoms with Crippen LogP contribution in [-0.2, 0) is 0 Å². The second-order valence-electron chi connectivity index (χ2n) is 4.88. The lowest BCUT2D eigenvalue weighted by Gasteiger charge is -2.18. The van der Waals surface area contributed by atoms with Gasteiger partial charge in [-0.1, -0.05) is 0 Å². The normalized spacial score (nSPS) is 18.8. The second-order valence-corrected chi connectivity index (χ2v) is 4.88. The first-order chi connectivity index (χ1) is 9.20. The Kier molecular flexibility index (Phi) is 3.08. The fraction of sp³-hybridized carbons (Fsp3) is 0.385. The van der Waals surface area contributed by atoms with E-state index in [9.17, 15) is 0 Å². The molecule has 19 heavy (non-hydrogen) atoms. The van der Waals surface area contributed by atoms with Crippen molar-refractivity contribution in [1.29, 1.82) is 0 Å². The fourth-order valence-corrected chi connectivity index (χ4v) is 2.32. The number of nitrogens with two attached hydrogens (primary N) is 1. The number of anilines is 3. The molecule has 0 aromatic carbocycles. The van der Waals surface area contributed by atoms with Crippen LogP contribution in [0.2, 0.25) is 0 Å². The van der Waals surface area contributed by atoms with E-state index < -0.39 is 0 Å². The average molecular weight is 258 g/mol. The van der Waals surface area contributed by atoms with Crippen LogP contribution >= 0.6 is 0 Å². The van der Waals surface area contributed by atoms with E-state index >= 15 is 0 Å². The Balaban J connectivity index is 1.83. The minimum atomic E-state index is 0.247. The predicted molar refractivity (Wildman–Crippen MR) is 75.6 cm³/mol. The molecule has 4 N–H and O–H groups in total. The average Bonchev–Trinajstić information content (AvgIpc) is 3.00. The number of nitrogens with one attached hydrogen (secondary N) is 2. The van der Waals surface area contributed by atoms with Gasteiger partial charge in [0.05, 0.1) is 5.69 Å². The van der Waals surface area contributed by atoms with Crippen LogP contribution in [0.1, 0.15) is 12.2 Å². The summed E-state index contributed by atoms with van der Waals surface area (Å²) in [6, 6.07) is 4.18. The summed E-state index contributed by atoms with van der Waals surface area (Å²) in [4.78, 5) is 14.1. The molecule has 0 spiro atoms. The Bertz CT molecular complexity index is 550. The van der Waals surface area contributed by atoms with Crippen LogP contribution in [0.25, 0.3) is 0 Å². The highest BCUT2D eigenvalue weighted by atomic mass is 15.2. The number of aromatic amines is 1. The molecule has 0 aliphatic carbocycles. The summed E-state index contributed by atoms with van der Waals surface area (Å²) in [6.45, 7) is 3.73. The maximum Gasteiger partial charge on any atom is 0.136 e. The van der Waals surface area contributed by atoms with Crippen LogP contribution in [0.5, 0.6) is 0 Å². The third-order valence-electron chi connectivity index (χ3n) is 3.24. The zero-order chi connectivity index (χ0) is 13.2. The van der Waals surface area contributed by atoms with Gasteiger partial charge in [-0.2, -0.15) is 0 Å². The SMILES string of the molecule is Cc1nc(Nc2cc[nH]c2)cc(N2CCC(N)C2)n1. The van der Waals surface area contributed by atoms with Gasteiger partial charge in [0.2, 0.25) is 0 Å². The van der Waals surface area contributed by atoms with E-state index in [4.69, 9.17) is 5.73 Å². The van der Waals surface area contributed by atoms with Crippen LogP contribution in [0.4, 0.5) is 17.3 Å². The van der Waals surface area contributed by atoms with Crippen molar-refractivity contribution in [3.8, 4) is 0 Å². The van der Waals surface area contributed by atoms with Crippen molar-refractivity contribution in [2.45, 2.75) is 19.4 Å². The third kappa shape index (κ3) is 2.68. The molecule has 0 saturated carbocycles. The van der Waals surface area contributed by atoms with Crippen molar-refractivity contribution in [2.75, 3.05) is 23.3 Å². The minimum Gasteiger partial charge on any atom is -0.366 e. The minimum absolute atomic E-state index is 0.247. The summed E-state index contributed by atoms with van der Waals surface area (Å²) in [5, 5.41) is 3.26. The van der Waals surface area contributed by atoms with Gasteiger partial charge < -0.3 is 20.9 Å². The largest absolute Gasteiger partial charge is 0.366 e. The summed E-state index contributed by atoms with van der Waals surface area (Å²) >= 11 is 0. The molecule has 3 rings (SSSR count). The Morgan fingerprint density at radius 3 is 3.05 bits per heavy atom. The lowest BCUT2D eigenvalue weighted by molar-refractivity contribution is 0.751. The highest BCUT2D eigenvalue weighted by Crippen LogP contribution is 2.22. The van der Waals surface area contributed by atoms with Crippen LogP contribution in [0, 0.1) is 6.92 Å². The van der Waals surface area contributed by atoms with Gasteiger partial charge in [0.15, 0.2) is 0 Å².